The number of thiazole rings is 1. The quantitative estimate of drug-likeness (QED) is 0.789. The van der Waals surface area contributed by atoms with Crippen LogP contribution in [0.15, 0.2) is 12.3 Å². The summed E-state index contributed by atoms with van der Waals surface area (Å²) in [5.41, 5.74) is 2.98. The van der Waals surface area contributed by atoms with E-state index in [4.69, 9.17) is 0 Å². The SMILES string of the molecule is Cc1nc(C)c(NC(=O)c2cnc3c(c2)c(C)nn3C)s1. The van der Waals surface area contributed by atoms with E-state index in [0.29, 0.717) is 5.56 Å². The molecule has 6 nitrogen and oxygen atoms in total. The van der Waals surface area contributed by atoms with Gasteiger partial charge in [-0.1, -0.05) is 0 Å². The molecule has 7 heteroatoms. The lowest BCUT2D eigenvalue weighted by Crippen LogP contribution is -2.12. The molecule has 0 spiro atoms. The molecule has 0 aromatic carbocycles. The summed E-state index contributed by atoms with van der Waals surface area (Å²) < 4.78 is 1.71. The minimum Gasteiger partial charge on any atom is -0.312 e. The Morgan fingerprint density at radius 3 is 2.71 bits per heavy atom. The lowest BCUT2D eigenvalue weighted by Gasteiger charge is -2.03. The van der Waals surface area contributed by atoms with Gasteiger partial charge in [-0.05, 0) is 26.8 Å². The van der Waals surface area contributed by atoms with E-state index in [0.717, 1.165) is 32.4 Å². The van der Waals surface area contributed by atoms with Crippen molar-refractivity contribution in [3.8, 4) is 0 Å². The molecule has 0 bridgehead atoms. The minimum atomic E-state index is -0.181. The number of amides is 1. The van der Waals surface area contributed by atoms with Gasteiger partial charge < -0.3 is 5.32 Å². The maximum absolute atomic E-state index is 12.3. The highest BCUT2D eigenvalue weighted by Gasteiger charge is 2.14. The smallest absolute Gasteiger partial charge is 0.257 e. The van der Waals surface area contributed by atoms with Crippen LogP contribution in [0.25, 0.3) is 11.0 Å². The van der Waals surface area contributed by atoms with Crippen molar-refractivity contribution in [2.75, 3.05) is 5.32 Å². The van der Waals surface area contributed by atoms with Crippen LogP contribution in [-0.2, 0) is 7.05 Å². The zero-order valence-electron chi connectivity index (χ0n) is 12.3. The molecule has 0 unspecified atom stereocenters. The molecule has 21 heavy (non-hydrogen) atoms. The highest BCUT2D eigenvalue weighted by Crippen LogP contribution is 2.24. The third-order valence-electron chi connectivity index (χ3n) is 3.26. The van der Waals surface area contributed by atoms with Crippen LogP contribution in [-0.4, -0.2) is 25.7 Å². The van der Waals surface area contributed by atoms with Crippen molar-refractivity contribution in [3.05, 3.63) is 34.2 Å². The molecule has 3 heterocycles. The average Bonchev–Trinajstić information content (AvgIpc) is 2.89. The topological polar surface area (TPSA) is 72.7 Å². The molecule has 3 aromatic heterocycles. The standard InChI is InChI=1S/C14H15N5OS/c1-7-11-5-10(6-15-12(11)19(4)18-7)13(20)17-14-8(2)16-9(3)21-14/h5-6H,1-4H3,(H,17,20). The van der Waals surface area contributed by atoms with Gasteiger partial charge >= 0.3 is 0 Å². The molecule has 0 atom stereocenters. The van der Waals surface area contributed by atoms with Gasteiger partial charge in [0.2, 0.25) is 0 Å². The van der Waals surface area contributed by atoms with Crippen LogP contribution < -0.4 is 5.32 Å². The second-order valence-electron chi connectivity index (χ2n) is 4.91. The van der Waals surface area contributed by atoms with Crippen molar-refractivity contribution in [3.63, 3.8) is 0 Å². The number of carbonyl (C=O) groups excluding carboxylic acids is 1. The molecular formula is C14H15N5OS. The third kappa shape index (κ3) is 2.40. The Hall–Kier alpha value is -2.28. The van der Waals surface area contributed by atoms with E-state index in [9.17, 15) is 4.79 Å². The Balaban J connectivity index is 1.94. The molecule has 1 N–H and O–H groups in total. The van der Waals surface area contributed by atoms with Crippen LogP contribution in [0.3, 0.4) is 0 Å². The fourth-order valence-corrected chi connectivity index (χ4v) is 3.07. The highest BCUT2D eigenvalue weighted by molar-refractivity contribution is 7.16. The van der Waals surface area contributed by atoms with E-state index >= 15 is 0 Å². The molecule has 0 aliphatic heterocycles. The third-order valence-corrected chi connectivity index (χ3v) is 4.24. The molecule has 108 valence electrons. The molecule has 0 saturated heterocycles. The van der Waals surface area contributed by atoms with Crippen LogP contribution in [0, 0.1) is 20.8 Å². The van der Waals surface area contributed by atoms with Crippen LogP contribution in [0.1, 0.15) is 26.8 Å². The summed E-state index contributed by atoms with van der Waals surface area (Å²) in [7, 11) is 1.84. The first-order chi connectivity index (χ1) is 9.95. The van der Waals surface area contributed by atoms with Gasteiger partial charge in [0.1, 0.15) is 5.00 Å². The fraction of sp³-hybridized carbons (Fsp3) is 0.286. The number of aromatic nitrogens is 4. The first-order valence-corrected chi connectivity index (χ1v) is 7.32. The number of aryl methyl sites for hydroxylation is 4. The Morgan fingerprint density at radius 2 is 2.05 bits per heavy atom. The second kappa shape index (κ2) is 4.92. The monoisotopic (exact) mass is 301 g/mol. The molecule has 3 rings (SSSR count). The lowest BCUT2D eigenvalue weighted by atomic mass is 10.2. The summed E-state index contributed by atoms with van der Waals surface area (Å²) in [5, 5.41) is 9.79. The Kier molecular flexibility index (Phi) is 3.21. The zero-order valence-corrected chi connectivity index (χ0v) is 13.1. The van der Waals surface area contributed by atoms with Gasteiger partial charge in [-0.3, -0.25) is 9.48 Å². The van der Waals surface area contributed by atoms with Crippen LogP contribution in [0.2, 0.25) is 0 Å². The molecular weight excluding hydrogens is 286 g/mol. The number of hydrogen-bond donors (Lipinski definition) is 1. The van der Waals surface area contributed by atoms with Crippen LogP contribution in [0.4, 0.5) is 5.00 Å². The molecule has 0 radical (unpaired) electrons. The molecule has 0 aliphatic rings. The number of hydrogen-bond acceptors (Lipinski definition) is 5. The summed E-state index contributed by atoms with van der Waals surface area (Å²) in [4.78, 5) is 21.0. The molecule has 0 fully saturated rings. The van der Waals surface area contributed by atoms with E-state index < -0.39 is 0 Å². The average molecular weight is 301 g/mol. The minimum absolute atomic E-state index is 0.181. The Labute approximate surface area is 125 Å². The number of anilines is 1. The van der Waals surface area contributed by atoms with Crippen molar-refractivity contribution in [2.24, 2.45) is 7.05 Å². The Morgan fingerprint density at radius 1 is 1.29 bits per heavy atom. The summed E-state index contributed by atoms with van der Waals surface area (Å²) in [6.07, 6.45) is 1.57. The molecule has 3 aromatic rings. The van der Waals surface area contributed by atoms with Gasteiger partial charge in [0.05, 0.1) is 22.0 Å². The van der Waals surface area contributed by atoms with Gasteiger partial charge in [0.25, 0.3) is 5.91 Å². The van der Waals surface area contributed by atoms with E-state index in [1.165, 1.54) is 11.3 Å². The Bertz CT molecular complexity index is 849. The van der Waals surface area contributed by atoms with Gasteiger partial charge in [-0.25, -0.2) is 9.97 Å². The summed E-state index contributed by atoms with van der Waals surface area (Å²) in [5.74, 6) is -0.181. The normalized spacial score (nSPS) is 11.0. The van der Waals surface area contributed by atoms with Crippen molar-refractivity contribution < 1.29 is 4.79 Å². The zero-order chi connectivity index (χ0) is 15.1. The number of fused-ring (bicyclic) bond motifs is 1. The number of pyridine rings is 1. The number of rotatable bonds is 2. The maximum atomic E-state index is 12.3. The second-order valence-corrected chi connectivity index (χ2v) is 6.11. The molecule has 0 saturated carbocycles. The number of carbonyl (C=O) groups is 1. The van der Waals surface area contributed by atoms with Crippen molar-refractivity contribution >= 4 is 33.3 Å². The van der Waals surface area contributed by atoms with Gasteiger partial charge in [0, 0.05) is 18.6 Å². The maximum Gasteiger partial charge on any atom is 0.257 e. The van der Waals surface area contributed by atoms with Gasteiger partial charge in [0.15, 0.2) is 5.65 Å². The summed E-state index contributed by atoms with van der Waals surface area (Å²) in [6, 6.07) is 1.82. The predicted octanol–water partition coefficient (Wildman–Crippen LogP) is 2.60. The largest absolute Gasteiger partial charge is 0.312 e. The van der Waals surface area contributed by atoms with Crippen molar-refractivity contribution in [2.45, 2.75) is 20.8 Å². The summed E-state index contributed by atoms with van der Waals surface area (Å²) >= 11 is 1.47. The van der Waals surface area contributed by atoms with Crippen molar-refractivity contribution in [1.82, 2.24) is 19.7 Å². The predicted molar refractivity (Wildman–Crippen MR) is 82.8 cm³/mol. The van der Waals surface area contributed by atoms with Crippen LogP contribution >= 0.6 is 11.3 Å². The number of nitrogens with one attached hydrogen (secondary N) is 1. The van der Waals surface area contributed by atoms with Crippen molar-refractivity contribution in [1.29, 1.82) is 0 Å². The highest BCUT2D eigenvalue weighted by atomic mass is 32.1. The number of nitrogens with zero attached hydrogens (tertiary/aromatic N) is 4. The van der Waals surface area contributed by atoms with E-state index in [1.807, 2.05) is 33.9 Å². The summed E-state index contributed by atoms with van der Waals surface area (Å²) in [6.45, 7) is 5.70. The first kappa shape index (κ1) is 13.7. The van der Waals surface area contributed by atoms with Gasteiger partial charge in [-0.15, -0.1) is 11.3 Å². The van der Waals surface area contributed by atoms with Gasteiger partial charge in [-0.2, -0.15) is 5.10 Å². The van der Waals surface area contributed by atoms with E-state index in [1.54, 1.807) is 10.9 Å². The first-order valence-electron chi connectivity index (χ1n) is 6.50. The van der Waals surface area contributed by atoms with Crippen LogP contribution in [0.5, 0.6) is 0 Å². The van der Waals surface area contributed by atoms with E-state index in [2.05, 4.69) is 20.4 Å². The fourth-order valence-electron chi connectivity index (χ4n) is 2.25. The molecule has 1 amide bonds. The molecule has 0 aliphatic carbocycles. The van der Waals surface area contributed by atoms with E-state index in [-0.39, 0.29) is 5.91 Å². The lowest BCUT2D eigenvalue weighted by molar-refractivity contribution is 0.102.